The highest BCUT2D eigenvalue weighted by Crippen LogP contribution is 2.18. The summed E-state index contributed by atoms with van der Waals surface area (Å²) in [5.74, 6) is 0.273. The quantitative estimate of drug-likeness (QED) is 0.789. The molecule has 16 heavy (non-hydrogen) atoms. The molecule has 5 heteroatoms. The Labute approximate surface area is 94.9 Å². The number of nitrogens with zero attached hydrogens (tertiary/aromatic N) is 1. The molecule has 1 heterocycles. The maximum atomic E-state index is 11.7. The number of carbonyl (C=O) groups excluding carboxylic acids is 1. The number of hydrogen-bond acceptors (Lipinski definition) is 4. The van der Waals surface area contributed by atoms with Crippen LogP contribution in [0.4, 0.5) is 0 Å². The fraction of sp³-hybridized carbons (Fsp3) is 0.636. The second-order valence-electron chi connectivity index (χ2n) is 4.58. The molecule has 5 nitrogen and oxygen atoms in total. The molecule has 0 atom stereocenters. The number of hydrogen-bond donors (Lipinski definition) is 2. The molecule has 0 unspecified atom stereocenters. The van der Waals surface area contributed by atoms with Crippen LogP contribution in [0.5, 0.6) is 0 Å². The number of aryl methyl sites for hydroxylation is 1. The summed E-state index contributed by atoms with van der Waals surface area (Å²) in [5, 5.41) is 11.6. The normalized spacial score (nSPS) is 11.5. The molecule has 1 aromatic rings. The summed E-state index contributed by atoms with van der Waals surface area (Å²) in [7, 11) is 0. The fourth-order valence-electron chi connectivity index (χ4n) is 1.32. The van der Waals surface area contributed by atoms with E-state index in [1.807, 2.05) is 13.8 Å². The monoisotopic (exact) mass is 226 g/mol. The van der Waals surface area contributed by atoms with Gasteiger partial charge in [0.2, 0.25) is 0 Å². The second-order valence-corrected chi connectivity index (χ2v) is 4.58. The lowest BCUT2D eigenvalue weighted by atomic mass is 9.90. The van der Waals surface area contributed by atoms with Crippen molar-refractivity contribution >= 4 is 5.91 Å². The Morgan fingerprint density at radius 3 is 2.81 bits per heavy atom. The van der Waals surface area contributed by atoms with Crippen LogP contribution in [0.2, 0.25) is 0 Å². The lowest BCUT2D eigenvalue weighted by molar-refractivity contribution is 0.0922. The molecule has 90 valence electrons. The molecule has 1 aromatic heterocycles. The Bertz CT molecular complexity index is 358. The van der Waals surface area contributed by atoms with Crippen molar-refractivity contribution in [2.45, 2.75) is 27.2 Å². The van der Waals surface area contributed by atoms with E-state index in [9.17, 15) is 4.79 Å². The van der Waals surface area contributed by atoms with Gasteiger partial charge in [-0.05, 0) is 18.8 Å². The third-order valence-electron chi connectivity index (χ3n) is 2.48. The van der Waals surface area contributed by atoms with Gasteiger partial charge in [0.1, 0.15) is 5.76 Å². The summed E-state index contributed by atoms with van der Waals surface area (Å²) in [6, 6.07) is 0. The molecule has 0 aliphatic heterocycles. The van der Waals surface area contributed by atoms with E-state index in [4.69, 9.17) is 9.52 Å². The Morgan fingerprint density at radius 1 is 1.62 bits per heavy atom. The molecule has 0 fully saturated rings. The number of rotatable bonds is 5. The van der Waals surface area contributed by atoms with E-state index in [1.54, 1.807) is 6.92 Å². The average Bonchev–Trinajstić information content (AvgIpc) is 2.61. The van der Waals surface area contributed by atoms with E-state index in [0.717, 1.165) is 0 Å². The molecule has 1 rings (SSSR count). The Morgan fingerprint density at radius 2 is 2.31 bits per heavy atom. The summed E-state index contributed by atoms with van der Waals surface area (Å²) in [6.45, 7) is 6.28. The van der Waals surface area contributed by atoms with Gasteiger partial charge >= 0.3 is 0 Å². The van der Waals surface area contributed by atoms with E-state index in [0.29, 0.717) is 24.4 Å². The maximum Gasteiger partial charge on any atom is 0.273 e. The number of aliphatic hydroxyl groups is 1. The van der Waals surface area contributed by atoms with E-state index in [-0.39, 0.29) is 17.9 Å². The Kier molecular flexibility index (Phi) is 4.06. The summed E-state index contributed by atoms with van der Waals surface area (Å²) in [5.41, 5.74) is 0.196. The zero-order valence-electron chi connectivity index (χ0n) is 9.91. The van der Waals surface area contributed by atoms with E-state index >= 15 is 0 Å². The maximum absolute atomic E-state index is 11.7. The van der Waals surface area contributed by atoms with Crippen molar-refractivity contribution in [2.75, 3.05) is 13.2 Å². The van der Waals surface area contributed by atoms with Gasteiger partial charge < -0.3 is 14.8 Å². The van der Waals surface area contributed by atoms with E-state index in [1.165, 1.54) is 6.39 Å². The van der Waals surface area contributed by atoms with Gasteiger partial charge in [0, 0.05) is 13.2 Å². The largest absolute Gasteiger partial charge is 0.448 e. The first-order valence-electron chi connectivity index (χ1n) is 5.25. The van der Waals surface area contributed by atoms with Crippen LogP contribution in [0.15, 0.2) is 10.8 Å². The van der Waals surface area contributed by atoms with Crippen LogP contribution in [-0.2, 0) is 0 Å². The minimum absolute atomic E-state index is 0.117. The highest BCUT2D eigenvalue weighted by Gasteiger charge is 2.20. The molecule has 0 saturated carbocycles. The van der Waals surface area contributed by atoms with Crippen molar-refractivity contribution < 1.29 is 14.3 Å². The van der Waals surface area contributed by atoms with E-state index < -0.39 is 0 Å². The van der Waals surface area contributed by atoms with Crippen molar-refractivity contribution in [2.24, 2.45) is 5.41 Å². The first-order chi connectivity index (χ1) is 7.46. The van der Waals surface area contributed by atoms with Gasteiger partial charge in [-0.2, -0.15) is 0 Å². The van der Waals surface area contributed by atoms with Gasteiger partial charge in [0.15, 0.2) is 12.1 Å². The predicted octanol–water partition coefficient (Wildman–Crippen LogP) is 1.12. The number of aromatic nitrogens is 1. The van der Waals surface area contributed by atoms with Gasteiger partial charge in [-0.3, -0.25) is 4.79 Å². The Balaban J connectivity index is 2.51. The summed E-state index contributed by atoms with van der Waals surface area (Å²) in [4.78, 5) is 15.5. The number of oxazole rings is 1. The molecule has 0 saturated heterocycles. The molecule has 0 radical (unpaired) electrons. The van der Waals surface area contributed by atoms with E-state index in [2.05, 4.69) is 10.3 Å². The molecule has 0 aromatic carbocycles. The van der Waals surface area contributed by atoms with Crippen molar-refractivity contribution in [1.29, 1.82) is 0 Å². The van der Waals surface area contributed by atoms with Gasteiger partial charge in [0.25, 0.3) is 5.91 Å². The lowest BCUT2D eigenvalue weighted by Crippen LogP contribution is -2.35. The predicted molar refractivity (Wildman–Crippen MR) is 59.1 cm³/mol. The molecule has 0 aliphatic rings. The number of amides is 1. The van der Waals surface area contributed by atoms with Gasteiger partial charge in [-0.1, -0.05) is 13.8 Å². The zero-order valence-corrected chi connectivity index (χ0v) is 9.91. The molecular formula is C11H18N2O3. The third kappa shape index (κ3) is 3.34. The second kappa shape index (κ2) is 5.12. The zero-order chi connectivity index (χ0) is 12.2. The van der Waals surface area contributed by atoms with Crippen LogP contribution in [0.3, 0.4) is 0 Å². The SMILES string of the molecule is Cc1ocnc1C(=O)NCC(C)(C)CCO. The molecule has 0 spiro atoms. The van der Waals surface area contributed by atoms with Gasteiger partial charge in [-0.25, -0.2) is 4.98 Å². The lowest BCUT2D eigenvalue weighted by Gasteiger charge is -2.23. The van der Waals surface area contributed by atoms with Crippen molar-refractivity contribution in [3.8, 4) is 0 Å². The molecular weight excluding hydrogens is 208 g/mol. The number of carbonyl (C=O) groups is 1. The minimum Gasteiger partial charge on any atom is -0.448 e. The summed E-state index contributed by atoms with van der Waals surface area (Å²) in [6.07, 6.45) is 1.90. The minimum atomic E-state index is -0.239. The molecule has 0 aliphatic carbocycles. The number of aliphatic hydroxyl groups excluding tert-OH is 1. The van der Waals surface area contributed by atoms with Crippen LogP contribution in [0.1, 0.15) is 36.5 Å². The highest BCUT2D eigenvalue weighted by molar-refractivity contribution is 5.93. The van der Waals surface area contributed by atoms with Gasteiger partial charge in [0.05, 0.1) is 0 Å². The van der Waals surface area contributed by atoms with Crippen molar-refractivity contribution in [1.82, 2.24) is 10.3 Å². The fourth-order valence-corrected chi connectivity index (χ4v) is 1.32. The summed E-state index contributed by atoms with van der Waals surface area (Å²) < 4.78 is 4.95. The van der Waals surface area contributed by atoms with Crippen LogP contribution < -0.4 is 5.32 Å². The van der Waals surface area contributed by atoms with Crippen LogP contribution in [0, 0.1) is 12.3 Å². The van der Waals surface area contributed by atoms with Crippen molar-refractivity contribution in [3.05, 3.63) is 17.8 Å². The Hall–Kier alpha value is -1.36. The molecule has 1 amide bonds. The van der Waals surface area contributed by atoms with Crippen LogP contribution in [-0.4, -0.2) is 29.1 Å². The summed E-state index contributed by atoms with van der Waals surface area (Å²) >= 11 is 0. The highest BCUT2D eigenvalue weighted by atomic mass is 16.3. The van der Waals surface area contributed by atoms with Crippen molar-refractivity contribution in [3.63, 3.8) is 0 Å². The van der Waals surface area contributed by atoms with Crippen LogP contribution >= 0.6 is 0 Å². The third-order valence-corrected chi connectivity index (χ3v) is 2.48. The first-order valence-corrected chi connectivity index (χ1v) is 5.25. The smallest absolute Gasteiger partial charge is 0.273 e. The standard InChI is InChI=1S/C11H18N2O3/c1-8-9(13-7-16-8)10(15)12-6-11(2,3)4-5-14/h7,14H,4-6H2,1-3H3,(H,12,15). The molecule has 2 N–H and O–H groups in total. The first kappa shape index (κ1) is 12.7. The van der Waals surface area contributed by atoms with Gasteiger partial charge in [-0.15, -0.1) is 0 Å². The molecule has 0 bridgehead atoms. The topological polar surface area (TPSA) is 75.4 Å². The number of nitrogens with one attached hydrogen (secondary N) is 1. The van der Waals surface area contributed by atoms with Crippen LogP contribution in [0.25, 0.3) is 0 Å². The average molecular weight is 226 g/mol.